The molecule has 2 bridgehead atoms. The Morgan fingerprint density at radius 3 is 2.89 bits per heavy atom. The number of aliphatic hydroxyl groups excluding tert-OH is 1. The number of rotatable bonds is 3. The van der Waals surface area contributed by atoms with E-state index in [-0.39, 0.29) is 5.41 Å². The highest BCUT2D eigenvalue weighted by Crippen LogP contribution is 2.57. The van der Waals surface area contributed by atoms with E-state index in [0.717, 1.165) is 18.3 Å². The predicted molar refractivity (Wildman–Crippen MR) is 80.5 cm³/mol. The second-order valence-electron chi connectivity index (χ2n) is 6.53. The minimum Gasteiger partial charge on any atom is -0.396 e. The maximum absolute atomic E-state index is 10.0. The van der Waals surface area contributed by atoms with Crippen LogP contribution in [-0.2, 0) is 6.42 Å². The lowest BCUT2D eigenvalue weighted by Crippen LogP contribution is -2.34. The first-order chi connectivity index (χ1) is 9.31. The lowest BCUT2D eigenvalue weighted by atomic mass is 9.70. The molecule has 1 aromatic carbocycles. The summed E-state index contributed by atoms with van der Waals surface area (Å²) < 4.78 is 1.38. The largest absolute Gasteiger partial charge is 0.396 e. The second-order valence-corrected chi connectivity index (χ2v) is 7.45. The van der Waals surface area contributed by atoms with E-state index in [1.807, 2.05) is 11.3 Å². The molecule has 1 heterocycles. The summed E-state index contributed by atoms with van der Waals surface area (Å²) >= 11 is 1.84. The Morgan fingerprint density at radius 1 is 1.26 bits per heavy atom. The Labute approximate surface area is 118 Å². The first kappa shape index (κ1) is 11.9. The molecule has 2 fully saturated rings. The number of aliphatic hydroxyl groups is 1. The number of thiophene rings is 1. The van der Waals surface area contributed by atoms with E-state index in [1.165, 1.54) is 41.3 Å². The fourth-order valence-corrected chi connectivity index (χ4v) is 5.54. The molecule has 2 aliphatic carbocycles. The van der Waals surface area contributed by atoms with Crippen LogP contribution in [0.1, 0.15) is 31.2 Å². The average molecular weight is 272 g/mol. The van der Waals surface area contributed by atoms with Crippen LogP contribution < -0.4 is 0 Å². The standard InChI is InChI=1S/C17H20OS/c18-11-17(8-12-5-6-14(17)7-12)9-13-10-19-16-4-2-1-3-15(13)16/h1-4,10,12,14,18H,5-9,11H2. The van der Waals surface area contributed by atoms with E-state index in [9.17, 15) is 5.11 Å². The Bertz CT molecular complexity index is 602. The van der Waals surface area contributed by atoms with Gasteiger partial charge in [-0.1, -0.05) is 24.6 Å². The van der Waals surface area contributed by atoms with Crippen molar-refractivity contribution in [1.29, 1.82) is 0 Å². The predicted octanol–water partition coefficient (Wildman–Crippen LogP) is 4.24. The number of benzene rings is 1. The Morgan fingerprint density at radius 2 is 2.16 bits per heavy atom. The van der Waals surface area contributed by atoms with Crippen molar-refractivity contribution in [1.82, 2.24) is 0 Å². The van der Waals surface area contributed by atoms with Crippen LogP contribution in [-0.4, -0.2) is 11.7 Å². The summed E-state index contributed by atoms with van der Waals surface area (Å²) in [4.78, 5) is 0. The summed E-state index contributed by atoms with van der Waals surface area (Å²) in [5, 5.41) is 13.7. The Hall–Kier alpha value is -0.860. The summed E-state index contributed by atoms with van der Waals surface area (Å²) in [6, 6.07) is 8.68. The van der Waals surface area contributed by atoms with E-state index < -0.39 is 0 Å². The van der Waals surface area contributed by atoms with Gasteiger partial charge in [-0.2, -0.15) is 0 Å². The zero-order chi connectivity index (χ0) is 12.9. The Kier molecular flexibility index (Phi) is 2.71. The van der Waals surface area contributed by atoms with Gasteiger partial charge in [0.1, 0.15) is 0 Å². The molecule has 1 nitrogen and oxygen atoms in total. The smallest absolute Gasteiger partial charge is 0.0493 e. The van der Waals surface area contributed by atoms with E-state index in [0.29, 0.717) is 6.61 Å². The highest BCUT2D eigenvalue weighted by molar-refractivity contribution is 7.17. The van der Waals surface area contributed by atoms with Gasteiger partial charge in [0.15, 0.2) is 0 Å². The molecule has 4 rings (SSSR count). The molecular weight excluding hydrogens is 252 g/mol. The second kappa shape index (κ2) is 4.32. The van der Waals surface area contributed by atoms with Gasteiger partial charge in [-0.3, -0.25) is 0 Å². The molecule has 0 radical (unpaired) electrons. The van der Waals surface area contributed by atoms with Crippen molar-refractivity contribution in [3.8, 4) is 0 Å². The van der Waals surface area contributed by atoms with Crippen molar-refractivity contribution in [2.75, 3.05) is 6.61 Å². The molecule has 2 saturated carbocycles. The fourth-order valence-electron chi connectivity index (χ4n) is 4.57. The highest BCUT2D eigenvalue weighted by atomic mass is 32.1. The van der Waals surface area contributed by atoms with Crippen molar-refractivity contribution in [3.63, 3.8) is 0 Å². The molecule has 1 N–H and O–H groups in total. The molecule has 1 aromatic heterocycles. The monoisotopic (exact) mass is 272 g/mol. The van der Waals surface area contributed by atoms with Gasteiger partial charge in [0.05, 0.1) is 0 Å². The van der Waals surface area contributed by atoms with Gasteiger partial charge in [0.25, 0.3) is 0 Å². The lowest BCUT2D eigenvalue weighted by molar-refractivity contribution is 0.0655. The third-order valence-corrected chi connectivity index (χ3v) is 6.53. The van der Waals surface area contributed by atoms with Gasteiger partial charge in [0, 0.05) is 16.7 Å². The van der Waals surface area contributed by atoms with Crippen molar-refractivity contribution < 1.29 is 5.11 Å². The molecule has 2 heteroatoms. The van der Waals surface area contributed by atoms with Crippen LogP contribution >= 0.6 is 11.3 Å². The molecule has 3 unspecified atom stereocenters. The average Bonchev–Trinajstić information content (AvgIpc) is 3.14. The summed E-state index contributed by atoms with van der Waals surface area (Å²) in [6.07, 6.45) is 6.43. The number of fused-ring (bicyclic) bond motifs is 3. The van der Waals surface area contributed by atoms with Gasteiger partial charge in [-0.25, -0.2) is 0 Å². The molecule has 2 aromatic rings. The molecule has 0 amide bonds. The first-order valence-corrected chi connectivity index (χ1v) is 8.25. The van der Waals surface area contributed by atoms with Crippen molar-refractivity contribution in [3.05, 3.63) is 35.2 Å². The highest BCUT2D eigenvalue weighted by Gasteiger charge is 2.50. The van der Waals surface area contributed by atoms with E-state index in [1.54, 1.807) is 0 Å². The van der Waals surface area contributed by atoms with Crippen LogP contribution in [0.25, 0.3) is 10.1 Å². The number of hydrogen-bond acceptors (Lipinski definition) is 2. The third-order valence-electron chi connectivity index (χ3n) is 5.52. The van der Waals surface area contributed by atoms with Crippen molar-refractivity contribution in [2.45, 2.75) is 32.1 Å². The third kappa shape index (κ3) is 1.77. The van der Waals surface area contributed by atoms with Gasteiger partial charge in [-0.15, -0.1) is 11.3 Å². The van der Waals surface area contributed by atoms with E-state index in [2.05, 4.69) is 29.6 Å². The lowest BCUT2D eigenvalue weighted by Gasteiger charge is -2.36. The van der Waals surface area contributed by atoms with Crippen LogP contribution in [0, 0.1) is 17.3 Å². The van der Waals surface area contributed by atoms with Gasteiger partial charge in [-0.05, 0) is 59.9 Å². The summed E-state index contributed by atoms with van der Waals surface area (Å²) in [5.41, 5.74) is 1.65. The minimum absolute atomic E-state index is 0.187. The molecule has 19 heavy (non-hydrogen) atoms. The molecule has 0 spiro atoms. The quantitative estimate of drug-likeness (QED) is 0.886. The maximum atomic E-state index is 10.0. The first-order valence-electron chi connectivity index (χ1n) is 7.37. The van der Waals surface area contributed by atoms with Crippen LogP contribution in [0.15, 0.2) is 29.6 Å². The zero-order valence-electron chi connectivity index (χ0n) is 11.1. The van der Waals surface area contributed by atoms with Gasteiger partial charge >= 0.3 is 0 Å². The zero-order valence-corrected chi connectivity index (χ0v) is 12.0. The van der Waals surface area contributed by atoms with Gasteiger partial charge in [0.2, 0.25) is 0 Å². The summed E-state index contributed by atoms with van der Waals surface area (Å²) in [5.74, 6) is 1.66. The normalized spacial score (nSPS) is 33.3. The topological polar surface area (TPSA) is 20.2 Å². The molecule has 100 valence electrons. The van der Waals surface area contributed by atoms with Gasteiger partial charge < -0.3 is 5.11 Å². The summed E-state index contributed by atoms with van der Waals surface area (Å²) in [6.45, 7) is 0.373. The van der Waals surface area contributed by atoms with Crippen LogP contribution in [0.4, 0.5) is 0 Å². The van der Waals surface area contributed by atoms with E-state index >= 15 is 0 Å². The molecule has 2 aliphatic rings. The SMILES string of the molecule is OCC1(Cc2csc3ccccc23)CC2CCC1C2. The van der Waals surface area contributed by atoms with Crippen LogP contribution in [0.5, 0.6) is 0 Å². The molecular formula is C17H20OS. The molecule has 0 saturated heterocycles. The van der Waals surface area contributed by atoms with Crippen molar-refractivity contribution >= 4 is 21.4 Å². The van der Waals surface area contributed by atoms with Crippen LogP contribution in [0.2, 0.25) is 0 Å². The van der Waals surface area contributed by atoms with E-state index in [4.69, 9.17) is 0 Å². The minimum atomic E-state index is 0.187. The van der Waals surface area contributed by atoms with Crippen LogP contribution in [0.3, 0.4) is 0 Å². The fraction of sp³-hybridized carbons (Fsp3) is 0.529. The number of hydrogen-bond donors (Lipinski definition) is 1. The maximum Gasteiger partial charge on any atom is 0.0493 e. The van der Waals surface area contributed by atoms with Crippen molar-refractivity contribution in [2.24, 2.45) is 17.3 Å². The summed E-state index contributed by atoms with van der Waals surface area (Å²) in [7, 11) is 0. The molecule has 3 atom stereocenters. The Balaban J connectivity index is 1.70. The molecule has 0 aliphatic heterocycles.